The number of aromatic nitrogens is 1. The van der Waals surface area contributed by atoms with Gasteiger partial charge in [-0.25, -0.2) is 0 Å². The summed E-state index contributed by atoms with van der Waals surface area (Å²) in [7, 11) is 0. The van der Waals surface area contributed by atoms with E-state index >= 15 is 0 Å². The van der Waals surface area contributed by atoms with Crippen LogP contribution in [0.1, 0.15) is 33.9 Å². The Morgan fingerprint density at radius 2 is 2.11 bits per heavy atom. The molecule has 0 saturated carbocycles. The van der Waals surface area contributed by atoms with Crippen LogP contribution in [0.3, 0.4) is 0 Å². The Hall–Kier alpha value is -2.21. The Kier molecular flexibility index (Phi) is 5.25. The van der Waals surface area contributed by atoms with Crippen LogP contribution in [0.2, 0.25) is 0 Å². The molecule has 0 radical (unpaired) electrons. The average Bonchev–Trinajstić information content (AvgIpc) is 3.33. The van der Waals surface area contributed by atoms with Gasteiger partial charge in [0.15, 0.2) is 6.54 Å². The fourth-order valence-electron chi connectivity index (χ4n) is 4.08. The van der Waals surface area contributed by atoms with E-state index in [0.29, 0.717) is 12.1 Å². The van der Waals surface area contributed by atoms with E-state index in [1.807, 2.05) is 13.0 Å². The molecule has 1 aliphatic carbocycles. The van der Waals surface area contributed by atoms with Crippen molar-refractivity contribution in [2.45, 2.75) is 32.7 Å². The fourth-order valence-corrected chi connectivity index (χ4v) is 5.33. The SMILES string of the molecule is Cc1cc(C[NH+]2CC[NH+](CC(=O)Nc3sc4c(c3C#N)CCC4)CC2)no1. The molecular formula is C19H25N5O2S+2. The van der Waals surface area contributed by atoms with Gasteiger partial charge in [-0.05, 0) is 31.7 Å². The lowest BCUT2D eigenvalue weighted by atomic mass is 10.1. The summed E-state index contributed by atoms with van der Waals surface area (Å²) >= 11 is 1.58. The van der Waals surface area contributed by atoms with Gasteiger partial charge in [0.1, 0.15) is 55.2 Å². The van der Waals surface area contributed by atoms with Gasteiger partial charge in [0.2, 0.25) is 0 Å². The summed E-state index contributed by atoms with van der Waals surface area (Å²) in [6.45, 7) is 7.22. The van der Waals surface area contributed by atoms with Gasteiger partial charge in [0, 0.05) is 10.9 Å². The molecule has 2 aromatic rings. The number of nitrogens with zero attached hydrogens (tertiary/aromatic N) is 2. The molecule has 8 heteroatoms. The van der Waals surface area contributed by atoms with E-state index in [0.717, 1.165) is 74.0 Å². The third kappa shape index (κ3) is 4.05. The van der Waals surface area contributed by atoms with Crippen molar-refractivity contribution in [2.24, 2.45) is 0 Å². The minimum Gasteiger partial charge on any atom is -0.361 e. The minimum absolute atomic E-state index is 0.0111. The molecule has 1 fully saturated rings. The van der Waals surface area contributed by atoms with Gasteiger partial charge in [0.25, 0.3) is 5.91 Å². The highest BCUT2D eigenvalue weighted by molar-refractivity contribution is 7.16. The number of piperazine rings is 1. The Balaban J connectivity index is 1.27. The molecule has 142 valence electrons. The molecule has 1 amide bonds. The van der Waals surface area contributed by atoms with Gasteiger partial charge in [0.05, 0.1) is 5.56 Å². The van der Waals surface area contributed by atoms with Gasteiger partial charge in [-0.3, -0.25) is 4.79 Å². The molecule has 1 saturated heterocycles. The molecule has 0 spiro atoms. The predicted octanol–water partition coefficient (Wildman–Crippen LogP) is -0.673. The highest BCUT2D eigenvalue weighted by atomic mass is 32.1. The summed E-state index contributed by atoms with van der Waals surface area (Å²) < 4.78 is 5.13. The standard InChI is InChI=1S/C19H23N5O2S/c1-13-9-14(22-26-13)11-23-5-7-24(8-6-23)12-18(25)21-19-16(10-20)15-3-2-4-17(15)27-19/h9H,2-8,11-12H2,1H3,(H,21,25)/p+2. The van der Waals surface area contributed by atoms with E-state index in [1.54, 1.807) is 11.3 Å². The van der Waals surface area contributed by atoms with Crippen LogP contribution in [0.15, 0.2) is 10.6 Å². The van der Waals surface area contributed by atoms with Crippen molar-refractivity contribution in [3.05, 3.63) is 33.5 Å². The topological polar surface area (TPSA) is 87.8 Å². The number of hydrogen-bond acceptors (Lipinski definition) is 5. The highest BCUT2D eigenvalue weighted by Crippen LogP contribution is 2.38. The fraction of sp³-hybridized carbons (Fsp3) is 0.526. The summed E-state index contributed by atoms with van der Waals surface area (Å²) in [5.74, 6) is 0.860. The average molecular weight is 388 g/mol. The summed E-state index contributed by atoms with van der Waals surface area (Å²) in [6.07, 6.45) is 3.12. The highest BCUT2D eigenvalue weighted by Gasteiger charge is 2.27. The molecule has 2 aromatic heterocycles. The van der Waals surface area contributed by atoms with E-state index < -0.39 is 0 Å². The van der Waals surface area contributed by atoms with Crippen LogP contribution in [-0.4, -0.2) is 43.8 Å². The summed E-state index contributed by atoms with van der Waals surface area (Å²) in [4.78, 5) is 16.5. The van der Waals surface area contributed by atoms with Crippen molar-refractivity contribution in [1.29, 1.82) is 5.26 Å². The number of amides is 1. The van der Waals surface area contributed by atoms with Crippen molar-refractivity contribution in [1.82, 2.24) is 5.16 Å². The number of hydrogen-bond donors (Lipinski definition) is 3. The first-order valence-electron chi connectivity index (χ1n) is 9.56. The summed E-state index contributed by atoms with van der Waals surface area (Å²) in [5.41, 5.74) is 2.84. The van der Waals surface area contributed by atoms with Crippen molar-refractivity contribution in [2.75, 3.05) is 38.0 Å². The van der Waals surface area contributed by atoms with Crippen molar-refractivity contribution < 1.29 is 19.1 Å². The maximum Gasteiger partial charge on any atom is 0.280 e. The lowest BCUT2D eigenvalue weighted by Crippen LogP contribution is -3.28. The van der Waals surface area contributed by atoms with Crippen LogP contribution in [0.25, 0.3) is 0 Å². The van der Waals surface area contributed by atoms with Gasteiger partial charge in [-0.15, -0.1) is 11.3 Å². The van der Waals surface area contributed by atoms with E-state index in [-0.39, 0.29) is 5.91 Å². The quantitative estimate of drug-likeness (QED) is 0.635. The number of anilines is 1. The number of carbonyl (C=O) groups excluding carboxylic acids is 1. The monoisotopic (exact) mass is 387 g/mol. The van der Waals surface area contributed by atoms with Crippen LogP contribution in [0.4, 0.5) is 5.00 Å². The van der Waals surface area contributed by atoms with E-state index in [4.69, 9.17) is 4.52 Å². The van der Waals surface area contributed by atoms with Crippen LogP contribution in [-0.2, 0) is 24.2 Å². The van der Waals surface area contributed by atoms with Gasteiger partial charge in [-0.1, -0.05) is 5.16 Å². The molecule has 1 aliphatic heterocycles. The smallest absolute Gasteiger partial charge is 0.280 e. The number of fused-ring (bicyclic) bond motifs is 1. The van der Waals surface area contributed by atoms with Crippen LogP contribution < -0.4 is 15.1 Å². The number of nitrogens with one attached hydrogen (secondary N) is 3. The second-order valence-corrected chi connectivity index (χ2v) is 8.61. The molecule has 0 aromatic carbocycles. The Bertz CT molecular complexity index is 873. The number of thiophene rings is 1. The minimum atomic E-state index is 0.0111. The zero-order valence-corrected chi connectivity index (χ0v) is 16.4. The normalized spacial score (nSPS) is 21.6. The second-order valence-electron chi connectivity index (χ2n) is 7.50. The lowest BCUT2D eigenvalue weighted by Gasteiger charge is -2.28. The van der Waals surface area contributed by atoms with Crippen molar-refractivity contribution in [3.8, 4) is 6.07 Å². The van der Waals surface area contributed by atoms with Crippen LogP contribution >= 0.6 is 11.3 Å². The second kappa shape index (κ2) is 7.80. The Labute approximate surface area is 162 Å². The van der Waals surface area contributed by atoms with Gasteiger partial charge >= 0.3 is 0 Å². The van der Waals surface area contributed by atoms with E-state index in [9.17, 15) is 10.1 Å². The summed E-state index contributed by atoms with van der Waals surface area (Å²) in [5, 5.41) is 17.3. The third-order valence-corrected chi connectivity index (χ3v) is 6.68. The van der Waals surface area contributed by atoms with E-state index in [2.05, 4.69) is 16.5 Å². The van der Waals surface area contributed by atoms with Gasteiger partial charge < -0.3 is 19.6 Å². The first-order valence-corrected chi connectivity index (χ1v) is 10.4. The number of nitriles is 1. The molecule has 7 nitrogen and oxygen atoms in total. The number of rotatable bonds is 5. The summed E-state index contributed by atoms with van der Waals surface area (Å²) in [6, 6.07) is 4.28. The zero-order chi connectivity index (χ0) is 18.8. The molecule has 2 aliphatic rings. The molecule has 3 N–H and O–H groups in total. The predicted molar refractivity (Wildman–Crippen MR) is 101 cm³/mol. The first kappa shape index (κ1) is 18.2. The molecule has 0 atom stereocenters. The molecular weight excluding hydrogens is 362 g/mol. The number of carbonyl (C=O) groups is 1. The molecule has 0 unspecified atom stereocenters. The van der Waals surface area contributed by atoms with Crippen LogP contribution in [0, 0.1) is 18.3 Å². The van der Waals surface area contributed by atoms with E-state index in [1.165, 1.54) is 14.7 Å². The van der Waals surface area contributed by atoms with Gasteiger partial charge in [-0.2, -0.15) is 5.26 Å². The molecule has 27 heavy (non-hydrogen) atoms. The maximum atomic E-state index is 12.5. The van der Waals surface area contributed by atoms with Crippen molar-refractivity contribution >= 4 is 22.2 Å². The first-order chi connectivity index (χ1) is 13.1. The number of aryl methyl sites for hydroxylation is 2. The van der Waals surface area contributed by atoms with Crippen molar-refractivity contribution in [3.63, 3.8) is 0 Å². The molecule has 3 heterocycles. The number of quaternary nitrogens is 2. The largest absolute Gasteiger partial charge is 0.361 e. The Morgan fingerprint density at radius 3 is 2.81 bits per heavy atom. The Morgan fingerprint density at radius 1 is 1.33 bits per heavy atom. The van der Waals surface area contributed by atoms with Crippen LogP contribution in [0.5, 0.6) is 0 Å². The molecule has 0 bridgehead atoms. The maximum absolute atomic E-state index is 12.5. The zero-order valence-electron chi connectivity index (χ0n) is 15.6. The lowest BCUT2D eigenvalue weighted by molar-refractivity contribution is -1.02. The third-order valence-electron chi connectivity index (χ3n) is 5.47. The molecule has 4 rings (SSSR count).